The molecule has 2 rings (SSSR count). The predicted molar refractivity (Wildman–Crippen MR) is 78.7 cm³/mol. The summed E-state index contributed by atoms with van der Waals surface area (Å²) in [5, 5.41) is 3.49. The van der Waals surface area contributed by atoms with Crippen molar-refractivity contribution < 1.29 is 4.79 Å². The standard InChI is InChI=1S/C16H30N2O/c1-10(2)8-15-17-13(5)16(19)18(15)14-7-6-11(3)9-12(14)4/h10-15,17H,6-9H2,1-5H3. The van der Waals surface area contributed by atoms with E-state index >= 15 is 0 Å². The molecule has 0 aromatic heterocycles. The highest BCUT2D eigenvalue weighted by Gasteiger charge is 2.43. The molecule has 19 heavy (non-hydrogen) atoms. The summed E-state index contributed by atoms with van der Waals surface area (Å²) in [6.07, 6.45) is 5.02. The van der Waals surface area contributed by atoms with Gasteiger partial charge >= 0.3 is 0 Å². The average molecular weight is 266 g/mol. The molecule has 5 unspecified atom stereocenters. The number of carbonyl (C=O) groups excluding carboxylic acids is 1. The molecule has 110 valence electrons. The number of rotatable bonds is 3. The van der Waals surface area contributed by atoms with Crippen LogP contribution in [-0.4, -0.2) is 29.1 Å². The molecule has 0 spiro atoms. The van der Waals surface area contributed by atoms with Crippen LogP contribution in [-0.2, 0) is 4.79 Å². The van der Waals surface area contributed by atoms with E-state index in [-0.39, 0.29) is 12.2 Å². The molecule has 1 amide bonds. The first kappa shape index (κ1) is 14.8. The zero-order valence-corrected chi connectivity index (χ0v) is 13.1. The first-order chi connectivity index (χ1) is 8.90. The van der Waals surface area contributed by atoms with E-state index in [1.807, 2.05) is 6.92 Å². The van der Waals surface area contributed by atoms with Crippen molar-refractivity contribution in [2.24, 2.45) is 17.8 Å². The fourth-order valence-electron chi connectivity index (χ4n) is 3.90. The Bertz CT molecular complexity index is 329. The maximum Gasteiger partial charge on any atom is 0.240 e. The Labute approximate surface area is 118 Å². The average Bonchev–Trinajstić information content (AvgIpc) is 2.55. The number of nitrogens with one attached hydrogen (secondary N) is 1. The summed E-state index contributed by atoms with van der Waals surface area (Å²) < 4.78 is 0. The van der Waals surface area contributed by atoms with E-state index in [9.17, 15) is 4.79 Å². The van der Waals surface area contributed by atoms with Gasteiger partial charge in [0, 0.05) is 6.04 Å². The van der Waals surface area contributed by atoms with Crippen LogP contribution >= 0.6 is 0 Å². The van der Waals surface area contributed by atoms with Gasteiger partial charge in [-0.05, 0) is 50.4 Å². The fraction of sp³-hybridized carbons (Fsp3) is 0.938. The predicted octanol–water partition coefficient (Wildman–Crippen LogP) is 3.00. The molecule has 0 aromatic carbocycles. The lowest BCUT2D eigenvalue weighted by Crippen LogP contribution is -2.49. The number of carbonyl (C=O) groups is 1. The van der Waals surface area contributed by atoms with Crippen LogP contribution in [0.1, 0.15) is 60.3 Å². The highest BCUT2D eigenvalue weighted by Crippen LogP contribution is 2.35. The number of nitrogens with zero attached hydrogens (tertiary/aromatic N) is 1. The smallest absolute Gasteiger partial charge is 0.240 e. The molecule has 1 saturated carbocycles. The maximum absolute atomic E-state index is 12.5. The van der Waals surface area contributed by atoms with Gasteiger partial charge in [-0.2, -0.15) is 0 Å². The third kappa shape index (κ3) is 3.13. The minimum Gasteiger partial charge on any atom is -0.323 e. The maximum atomic E-state index is 12.5. The molecule has 2 fully saturated rings. The third-order valence-corrected chi connectivity index (χ3v) is 4.84. The van der Waals surface area contributed by atoms with E-state index in [1.165, 1.54) is 19.3 Å². The summed E-state index contributed by atoms with van der Waals surface area (Å²) in [5.74, 6) is 2.39. The molecule has 2 aliphatic rings. The molecule has 0 aromatic rings. The van der Waals surface area contributed by atoms with Crippen LogP contribution in [0.15, 0.2) is 0 Å². The molecule has 0 bridgehead atoms. The Balaban J connectivity index is 2.12. The third-order valence-electron chi connectivity index (χ3n) is 4.84. The van der Waals surface area contributed by atoms with E-state index < -0.39 is 0 Å². The monoisotopic (exact) mass is 266 g/mol. The topological polar surface area (TPSA) is 32.3 Å². The van der Waals surface area contributed by atoms with Crippen LogP contribution in [0.5, 0.6) is 0 Å². The second-order valence-electron chi connectivity index (χ2n) is 7.24. The zero-order valence-electron chi connectivity index (χ0n) is 13.1. The SMILES string of the molecule is CC(C)CC1NC(C)C(=O)N1C1CCC(C)CC1C. The molecule has 1 aliphatic heterocycles. The summed E-state index contributed by atoms with van der Waals surface area (Å²) in [6, 6.07) is 0.445. The highest BCUT2D eigenvalue weighted by atomic mass is 16.2. The van der Waals surface area contributed by atoms with Crippen molar-refractivity contribution in [1.29, 1.82) is 0 Å². The molecule has 1 saturated heterocycles. The highest BCUT2D eigenvalue weighted by molar-refractivity contribution is 5.84. The van der Waals surface area contributed by atoms with Gasteiger partial charge < -0.3 is 4.90 Å². The molecule has 5 atom stereocenters. The normalized spacial score (nSPS) is 40.2. The molecule has 3 nitrogen and oxygen atoms in total. The molecular formula is C16H30N2O. The fourth-order valence-corrected chi connectivity index (χ4v) is 3.90. The Morgan fingerprint density at radius 1 is 1.26 bits per heavy atom. The second kappa shape index (κ2) is 5.82. The van der Waals surface area contributed by atoms with Crippen molar-refractivity contribution in [3.63, 3.8) is 0 Å². The lowest BCUT2D eigenvalue weighted by molar-refractivity contribution is -0.134. The quantitative estimate of drug-likeness (QED) is 0.851. The summed E-state index contributed by atoms with van der Waals surface area (Å²) in [5.41, 5.74) is 0. The molecule has 3 heteroatoms. The van der Waals surface area contributed by atoms with Crippen molar-refractivity contribution in [3.05, 3.63) is 0 Å². The molecule has 1 N–H and O–H groups in total. The van der Waals surface area contributed by atoms with Gasteiger partial charge in [-0.1, -0.05) is 27.7 Å². The van der Waals surface area contributed by atoms with Crippen molar-refractivity contribution in [1.82, 2.24) is 10.2 Å². The molecular weight excluding hydrogens is 236 g/mol. The van der Waals surface area contributed by atoms with Gasteiger partial charge in [0.2, 0.25) is 5.91 Å². The Morgan fingerprint density at radius 2 is 1.95 bits per heavy atom. The summed E-state index contributed by atoms with van der Waals surface area (Å²) in [6.45, 7) is 11.1. The number of amides is 1. The zero-order chi connectivity index (χ0) is 14.2. The Kier molecular flexibility index (Phi) is 4.54. The van der Waals surface area contributed by atoms with Gasteiger partial charge in [0.15, 0.2) is 0 Å². The molecule has 1 heterocycles. The first-order valence-corrected chi connectivity index (χ1v) is 7.98. The van der Waals surface area contributed by atoms with Crippen LogP contribution in [0.2, 0.25) is 0 Å². The lowest BCUT2D eigenvalue weighted by Gasteiger charge is -2.41. The van der Waals surface area contributed by atoms with Crippen LogP contribution in [0.4, 0.5) is 0 Å². The van der Waals surface area contributed by atoms with E-state index in [0.29, 0.717) is 23.8 Å². The van der Waals surface area contributed by atoms with Crippen LogP contribution < -0.4 is 5.32 Å². The van der Waals surface area contributed by atoms with Crippen molar-refractivity contribution in [2.45, 2.75) is 78.6 Å². The molecule has 1 aliphatic carbocycles. The van der Waals surface area contributed by atoms with Gasteiger partial charge in [0.1, 0.15) is 0 Å². The van der Waals surface area contributed by atoms with Gasteiger partial charge in [0.05, 0.1) is 12.2 Å². The van der Waals surface area contributed by atoms with Crippen LogP contribution in [0.25, 0.3) is 0 Å². The van der Waals surface area contributed by atoms with Crippen molar-refractivity contribution >= 4 is 5.91 Å². The van der Waals surface area contributed by atoms with E-state index in [4.69, 9.17) is 0 Å². The minimum atomic E-state index is -0.00435. The van der Waals surface area contributed by atoms with Crippen LogP contribution in [0, 0.1) is 17.8 Å². The minimum absolute atomic E-state index is 0.00435. The lowest BCUT2D eigenvalue weighted by atomic mass is 9.79. The van der Waals surface area contributed by atoms with E-state index in [1.54, 1.807) is 0 Å². The molecule has 0 radical (unpaired) electrons. The van der Waals surface area contributed by atoms with E-state index in [2.05, 4.69) is 37.9 Å². The summed E-state index contributed by atoms with van der Waals surface area (Å²) in [4.78, 5) is 14.7. The van der Waals surface area contributed by atoms with Gasteiger partial charge in [-0.3, -0.25) is 10.1 Å². The Morgan fingerprint density at radius 3 is 2.53 bits per heavy atom. The number of hydrogen-bond donors (Lipinski definition) is 1. The number of hydrogen-bond acceptors (Lipinski definition) is 2. The summed E-state index contributed by atoms with van der Waals surface area (Å²) >= 11 is 0. The van der Waals surface area contributed by atoms with Crippen LogP contribution in [0.3, 0.4) is 0 Å². The largest absolute Gasteiger partial charge is 0.323 e. The van der Waals surface area contributed by atoms with Gasteiger partial charge in [-0.15, -0.1) is 0 Å². The van der Waals surface area contributed by atoms with E-state index in [0.717, 1.165) is 12.3 Å². The Hall–Kier alpha value is -0.570. The first-order valence-electron chi connectivity index (χ1n) is 7.98. The van der Waals surface area contributed by atoms with Gasteiger partial charge in [0.25, 0.3) is 0 Å². The van der Waals surface area contributed by atoms with Crippen molar-refractivity contribution in [3.8, 4) is 0 Å². The second-order valence-corrected chi connectivity index (χ2v) is 7.24. The summed E-state index contributed by atoms with van der Waals surface area (Å²) in [7, 11) is 0. The van der Waals surface area contributed by atoms with Crippen molar-refractivity contribution in [2.75, 3.05) is 0 Å². The van der Waals surface area contributed by atoms with Gasteiger partial charge in [-0.25, -0.2) is 0 Å².